The maximum absolute atomic E-state index is 12.5. The minimum absolute atomic E-state index is 0.115. The Balaban J connectivity index is 1.50. The Hall–Kier alpha value is -3.54. The smallest absolute Gasteiger partial charge is 0.291 e. The van der Waals surface area contributed by atoms with Crippen molar-refractivity contribution in [1.29, 1.82) is 0 Å². The van der Waals surface area contributed by atoms with Crippen LogP contribution in [0.15, 0.2) is 66.9 Å². The second-order valence-electron chi connectivity index (χ2n) is 6.42. The summed E-state index contributed by atoms with van der Waals surface area (Å²) in [6.07, 6.45) is 1.65. The molecule has 6 nitrogen and oxygen atoms in total. The van der Waals surface area contributed by atoms with Crippen LogP contribution in [-0.4, -0.2) is 25.5 Å². The highest BCUT2D eigenvalue weighted by atomic mass is 16.2. The van der Waals surface area contributed by atoms with Gasteiger partial charge >= 0.3 is 0 Å². The van der Waals surface area contributed by atoms with Crippen LogP contribution in [0.3, 0.4) is 0 Å². The van der Waals surface area contributed by atoms with E-state index in [1.165, 1.54) is 0 Å². The summed E-state index contributed by atoms with van der Waals surface area (Å²) >= 11 is 0. The van der Waals surface area contributed by atoms with Gasteiger partial charge in [-0.3, -0.25) is 4.79 Å². The Bertz CT molecular complexity index is 1090. The van der Waals surface area contributed by atoms with Gasteiger partial charge in [0.2, 0.25) is 5.82 Å². The Morgan fingerprint density at radius 1 is 1.00 bits per heavy atom. The van der Waals surface area contributed by atoms with Crippen molar-refractivity contribution in [2.24, 2.45) is 0 Å². The van der Waals surface area contributed by atoms with Gasteiger partial charge in [0.25, 0.3) is 11.7 Å². The van der Waals surface area contributed by atoms with E-state index in [2.05, 4.69) is 44.6 Å². The van der Waals surface area contributed by atoms with Gasteiger partial charge in [-0.2, -0.15) is 4.98 Å². The van der Waals surface area contributed by atoms with E-state index in [0.29, 0.717) is 5.78 Å². The average Bonchev–Trinajstić information content (AvgIpc) is 3.15. The van der Waals surface area contributed by atoms with Crippen LogP contribution in [0.4, 0.5) is 0 Å². The maximum atomic E-state index is 12.5. The van der Waals surface area contributed by atoms with E-state index >= 15 is 0 Å². The second kappa shape index (κ2) is 6.99. The zero-order chi connectivity index (χ0) is 18.8. The van der Waals surface area contributed by atoms with Gasteiger partial charge in [-0.25, -0.2) is 9.50 Å². The standard InChI is InChI=1S/C21H19N5O/c1-14-12-13-22-21-24-19(25-26(14)21)20(27)23-15(2)16-8-10-18(11-9-16)17-6-4-3-5-7-17/h3-13,15H,1-2H3,(H,23,27)/t15-/m1/s1. The quantitative estimate of drug-likeness (QED) is 0.606. The zero-order valence-corrected chi connectivity index (χ0v) is 15.1. The van der Waals surface area contributed by atoms with Crippen molar-refractivity contribution in [2.75, 3.05) is 0 Å². The van der Waals surface area contributed by atoms with Gasteiger partial charge < -0.3 is 5.32 Å². The normalized spacial score (nSPS) is 12.1. The van der Waals surface area contributed by atoms with Gasteiger partial charge in [-0.05, 0) is 36.6 Å². The molecule has 0 radical (unpaired) electrons. The van der Waals surface area contributed by atoms with Gasteiger partial charge in [0.15, 0.2) is 0 Å². The predicted octanol–water partition coefficient (Wildman–Crippen LogP) is 3.59. The molecule has 0 aliphatic carbocycles. The van der Waals surface area contributed by atoms with E-state index in [1.807, 2.05) is 50.2 Å². The minimum Gasteiger partial charge on any atom is -0.343 e. The van der Waals surface area contributed by atoms with E-state index in [-0.39, 0.29) is 17.8 Å². The van der Waals surface area contributed by atoms with Crippen molar-refractivity contribution < 1.29 is 4.79 Å². The fraction of sp³-hybridized carbons (Fsp3) is 0.143. The Morgan fingerprint density at radius 2 is 1.70 bits per heavy atom. The molecule has 0 saturated carbocycles. The van der Waals surface area contributed by atoms with Crippen LogP contribution in [0, 0.1) is 6.92 Å². The van der Waals surface area contributed by atoms with Gasteiger partial charge in [0.1, 0.15) is 0 Å². The van der Waals surface area contributed by atoms with Crippen LogP contribution in [-0.2, 0) is 0 Å². The summed E-state index contributed by atoms with van der Waals surface area (Å²) in [5, 5.41) is 7.19. The molecule has 134 valence electrons. The number of nitrogens with one attached hydrogen (secondary N) is 1. The van der Waals surface area contributed by atoms with Gasteiger partial charge in [-0.15, -0.1) is 5.10 Å². The number of aryl methyl sites for hydroxylation is 1. The van der Waals surface area contributed by atoms with Gasteiger partial charge in [0.05, 0.1) is 6.04 Å². The molecular formula is C21H19N5O. The van der Waals surface area contributed by atoms with Crippen LogP contribution >= 0.6 is 0 Å². The molecule has 0 aliphatic rings. The van der Waals surface area contributed by atoms with E-state index < -0.39 is 0 Å². The van der Waals surface area contributed by atoms with Crippen molar-refractivity contribution in [3.05, 3.63) is 83.9 Å². The summed E-state index contributed by atoms with van der Waals surface area (Å²) in [6, 6.07) is 20.0. The number of rotatable bonds is 4. The third-order valence-electron chi connectivity index (χ3n) is 4.50. The predicted molar refractivity (Wildman–Crippen MR) is 103 cm³/mol. The fourth-order valence-electron chi connectivity index (χ4n) is 2.94. The molecule has 2 heterocycles. The monoisotopic (exact) mass is 357 g/mol. The topological polar surface area (TPSA) is 72.2 Å². The van der Waals surface area contributed by atoms with E-state index in [0.717, 1.165) is 22.4 Å². The van der Waals surface area contributed by atoms with Gasteiger partial charge in [0, 0.05) is 11.9 Å². The Labute approximate surface area is 156 Å². The molecule has 0 aliphatic heterocycles. The molecule has 0 saturated heterocycles. The Kier molecular flexibility index (Phi) is 4.38. The summed E-state index contributed by atoms with van der Waals surface area (Å²) in [4.78, 5) is 20.9. The summed E-state index contributed by atoms with van der Waals surface area (Å²) in [5.74, 6) is 0.212. The third kappa shape index (κ3) is 3.42. The summed E-state index contributed by atoms with van der Waals surface area (Å²) < 4.78 is 1.56. The molecule has 0 unspecified atom stereocenters. The number of fused-ring (bicyclic) bond motifs is 1. The van der Waals surface area contributed by atoms with E-state index in [1.54, 1.807) is 10.7 Å². The molecule has 27 heavy (non-hydrogen) atoms. The highest BCUT2D eigenvalue weighted by Crippen LogP contribution is 2.21. The first-order valence-corrected chi connectivity index (χ1v) is 8.76. The first-order chi connectivity index (χ1) is 13.1. The molecule has 0 spiro atoms. The molecule has 1 atom stereocenters. The Morgan fingerprint density at radius 3 is 2.41 bits per heavy atom. The SMILES string of the molecule is Cc1ccnc2nc(C(=O)N[C@H](C)c3ccc(-c4ccccc4)cc3)nn12. The van der Waals surface area contributed by atoms with Crippen molar-refractivity contribution in [2.45, 2.75) is 19.9 Å². The fourth-order valence-corrected chi connectivity index (χ4v) is 2.94. The molecule has 1 N–H and O–H groups in total. The molecular weight excluding hydrogens is 338 g/mol. The van der Waals surface area contributed by atoms with Crippen molar-refractivity contribution in [1.82, 2.24) is 24.9 Å². The number of hydrogen-bond acceptors (Lipinski definition) is 4. The van der Waals surface area contributed by atoms with Crippen molar-refractivity contribution >= 4 is 11.7 Å². The first kappa shape index (κ1) is 16.9. The number of benzene rings is 2. The van der Waals surface area contributed by atoms with Crippen molar-refractivity contribution in [3.8, 4) is 11.1 Å². The summed E-state index contributed by atoms with van der Waals surface area (Å²) in [6.45, 7) is 3.83. The lowest BCUT2D eigenvalue weighted by Crippen LogP contribution is -2.27. The molecule has 4 rings (SSSR count). The number of carbonyl (C=O) groups excluding carboxylic acids is 1. The molecule has 2 aromatic heterocycles. The second-order valence-corrected chi connectivity index (χ2v) is 6.42. The average molecular weight is 357 g/mol. The third-order valence-corrected chi connectivity index (χ3v) is 4.50. The first-order valence-electron chi connectivity index (χ1n) is 8.76. The highest BCUT2D eigenvalue weighted by molar-refractivity contribution is 5.91. The number of aromatic nitrogens is 4. The van der Waals surface area contributed by atoms with Gasteiger partial charge in [-0.1, -0.05) is 54.6 Å². The lowest BCUT2D eigenvalue weighted by Gasteiger charge is -2.13. The van der Waals surface area contributed by atoms with Crippen LogP contribution < -0.4 is 5.32 Å². The van der Waals surface area contributed by atoms with E-state index in [9.17, 15) is 4.79 Å². The molecule has 0 bridgehead atoms. The van der Waals surface area contributed by atoms with E-state index in [4.69, 9.17) is 0 Å². The molecule has 6 heteroatoms. The minimum atomic E-state index is -0.320. The number of carbonyl (C=O) groups is 1. The highest BCUT2D eigenvalue weighted by Gasteiger charge is 2.17. The molecule has 2 aromatic carbocycles. The van der Waals surface area contributed by atoms with Crippen LogP contribution in [0.1, 0.15) is 34.8 Å². The summed E-state index contributed by atoms with van der Waals surface area (Å²) in [5.41, 5.74) is 4.19. The van der Waals surface area contributed by atoms with Crippen LogP contribution in [0.2, 0.25) is 0 Å². The number of nitrogens with zero attached hydrogens (tertiary/aromatic N) is 4. The molecule has 0 fully saturated rings. The largest absolute Gasteiger partial charge is 0.343 e. The van der Waals surface area contributed by atoms with Crippen molar-refractivity contribution in [3.63, 3.8) is 0 Å². The maximum Gasteiger partial charge on any atom is 0.291 e. The van der Waals surface area contributed by atoms with Crippen LogP contribution in [0.5, 0.6) is 0 Å². The lowest BCUT2D eigenvalue weighted by atomic mass is 10.0. The zero-order valence-electron chi connectivity index (χ0n) is 15.1. The molecule has 1 amide bonds. The van der Waals surface area contributed by atoms with Crippen LogP contribution in [0.25, 0.3) is 16.9 Å². The number of hydrogen-bond donors (Lipinski definition) is 1. The summed E-state index contributed by atoms with van der Waals surface area (Å²) in [7, 11) is 0. The number of amides is 1. The molecule has 4 aromatic rings. The lowest BCUT2D eigenvalue weighted by molar-refractivity contribution is 0.0929.